The predicted molar refractivity (Wildman–Crippen MR) is 63.7 cm³/mol. The van der Waals surface area contributed by atoms with Crippen LogP contribution in [0.3, 0.4) is 0 Å². The predicted octanol–water partition coefficient (Wildman–Crippen LogP) is 2.10. The van der Waals surface area contributed by atoms with Gasteiger partial charge in [0.15, 0.2) is 5.78 Å². The molecule has 1 saturated heterocycles. The van der Waals surface area contributed by atoms with Crippen molar-refractivity contribution in [2.45, 2.75) is 31.7 Å². The van der Waals surface area contributed by atoms with Crippen molar-refractivity contribution < 1.29 is 4.79 Å². The number of nitrogens with one attached hydrogen (secondary N) is 1. The van der Waals surface area contributed by atoms with Gasteiger partial charge in [0.2, 0.25) is 0 Å². The number of aromatic nitrogens is 1. The second-order valence-corrected chi connectivity index (χ2v) is 5.75. The van der Waals surface area contributed by atoms with E-state index in [4.69, 9.17) is 0 Å². The summed E-state index contributed by atoms with van der Waals surface area (Å²) in [4.78, 5) is 16.8. The Bertz CT molecular complexity index is 376. The van der Waals surface area contributed by atoms with Crippen molar-refractivity contribution in [3.63, 3.8) is 0 Å². The number of fused-ring (bicyclic) bond motifs is 1. The highest BCUT2D eigenvalue weighted by atomic mass is 32.1. The SMILES string of the molecule is O=C(CC1NCC2CCCC21)c1cncs1. The van der Waals surface area contributed by atoms with E-state index >= 15 is 0 Å². The van der Waals surface area contributed by atoms with Gasteiger partial charge < -0.3 is 5.32 Å². The Balaban J connectivity index is 1.65. The normalized spacial score (nSPS) is 32.9. The molecule has 2 aliphatic rings. The quantitative estimate of drug-likeness (QED) is 0.817. The van der Waals surface area contributed by atoms with Crippen molar-refractivity contribution in [2.24, 2.45) is 11.8 Å². The first-order chi connectivity index (χ1) is 7.84. The van der Waals surface area contributed by atoms with Crippen molar-refractivity contribution in [1.29, 1.82) is 0 Å². The average molecular weight is 236 g/mol. The van der Waals surface area contributed by atoms with E-state index in [0.717, 1.165) is 23.3 Å². The number of carbonyl (C=O) groups is 1. The van der Waals surface area contributed by atoms with Crippen LogP contribution in [-0.4, -0.2) is 23.4 Å². The Kier molecular flexibility index (Phi) is 2.77. The van der Waals surface area contributed by atoms with Crippen LogP contribution in [0, 0.1) is 11.8 Å². The van der Waals surface area contributed by atoms with Crippen LogP contribution in [-0.2, 0) is 0 Å². The van der Waals surface area contributed by atoms with Crippen molar-refractivity contribution >= 4 is 17.1 Å². The molecule has 16 heavy (non-hydrogen) atoms. The minimum atomic E-state index is 0.257. The van der Waals surface area contributed by atoms with Gasteiger partial charge in [-0.3, -0.25) is 9.78 Å². The van der Waals surface area contributed by atoms with Crippen LogP contribution in [0.25, 0.3) is 0 Å². The van der Waals surface area contributed by atoms with E-state index in [9.17, 15) is 4.79 Å². The topological polar surface area (TPSA) is 42.0 Å². The highest BCUT2D eigenvalue weighted by Gasteiger charge is 2.39. The van der Waals surface area contributed by atoms with E-state index < -0.39 is 0 Å². The molecule has 1 aliphatic heterocycles. The molecule has 3 unspecified atom stereocenters. The zero-order chi connectivity index (χ0) is 11.0. The summed E-state index contributed by atoms with van der Waals surface area (Å²) >= 11 is 1.45. The molecule has 4 heteroatoms. The lowest BCUT2D eigenvalue weighted by Crippen LogP contribution is -2.29. The van der Waals surface area contributed by atoms with Crippen LogP contribution < -0.4 is 5.32 Å². The molecule has 2 heterocycles. The highest BCUT2D eigenvalue weighted by Crippen LogP contribution is 2.39. The maximum Gasteiger partial charge on any atom is 0.175 e. The van der Waals surface area contributed by atoms with Gasteiger partial charge in [-0.05, 0) is 31.2 Å². The van der Waals surface area contributed by atoms with Crippen LogP contribution in [0.5, 0.6) is 0 Å². The van der Waals surface area contributed by atoms with E-state index in [2.05, 4.69) is 10.3 Å². The highest BCUT2D eigenvalue weighted by molar-refractivity contribution is 7.11. The Morgan fingerprint density at radius 2 is 2.50 bits per heavy atom. The zero-order valence-electron chi connectivity index (χ0n) is 9.19. The summed E-state index contributed by atoms with van der Waals surface area (Å²) in [7, 11) is 0. The third kappa shape index (κ3) is 1.80. The van der Waals surface area contributed by atoms with Crippen LogP contribution in [0.15, 0.2) is 11.7 Å². The maximum absolute atomic E-state index is 12.0. The number of rotatable bonds is 3. The standard InChI is InChI=1S/C12H16N2OS/c15-11(12-6-13-7-16-12)4-10-9-3-1-2-8(9)5-14-10/h6-10,14H,1-5H2. The third-order valence-corrected chi connectivity index (χ3v) is 4.80. The summed E-state index contributed by atoms with van der Waals surface area (Å²) in [5.74, 6) is 1.84. The molecule has 1 aliphatic carbocycles. The van der Waals surface area contributed by atoms with Gasteiger partial charge >= 0.3 is 0 Å². The number of thiazole rings is 1. The molecule has 1 aromatic heterocycles. The number of Topliss-reactive ketones (excluding diaryl/α,β-unsaturated/α-hetero) is 1. The number of hydrogen-bond donors (Lipinski definition) is 1. The molecule has 3 rings (SSSR count). The van der Waals surface area contributed by atoms with Gasteiger partial charge in [-0.2, -0.15) is 0 Å². The van der Waals surface area contributed by atoms with Gasteiger partial charge in [0.1, 0.15) is 0 Å². The van der Waals surface area contributed by atoms with Crippen LogP contribution >= 0.6 is 11.3 Å². The molecule has 0 aromatic carbocycles. The molecule has 0 bridgehead atoms. The summed E-state index contributed by atoms with van der Waals surface area (Å²) in [6.45, 7) is 1.12. The Morgan fingerprint density at radius 3 is 3.31 bits per heavy atom. The van der Waals surface area contributed by atoms with Crippen molar-refractivity contribution in [3.05, 3.63) is 16.6 Å². The number of carbonyl (C=O) groups excluding carboxylic acids is 1. The lowest BCUT2D eigenvalue weighted by Gasteiger charge is -2.16. The molecule has 0 radical (unpaired) electrons. The van der Waals surface area contributed by atoms with Gasteiger partial charge in [0.25, 0.3) is 0 Å². The van der Waals surface area contributed by atoms with E-state index in [1.54, 1.807) is 11.7 Å². The lowest BCUT2D eigenvalue weighted by molar-refractivity contribution is 0.0967. The summed E-state index contributed by atoms with van der Waals surface area (Å²) in [6, 6.07) is 0.419. The lowest BCUT2D eigenvalue weighted by atomic mass is 9.91. The molecule has 1 saturated carbocycles. The number of nitrogens with zero attached hydrogens (tertiary/aromatic N) is 1. The minimum Gasteiger partial charge on any atom is -0.313 e. The molecule has 0 amide bonds. The molecule has 3 atom stereocenters. The van der Waals surface area contributed by atoms with Crippen LogP contribution in [0.1, 0.15) is 35.4 Å². The van der Waals surface area contributed by atoms with Crippen LogP contribution in [0.2, 0.25) is 0 Å². The number of ketones is 1. The summed E-state index contributed by atoms with van der Waals surface area (Å²) in [6.07, 6.45) is 6.35. The fraction of sp³-hybridized carbons (Fsp3) is 0.667. The van der Waals surface area contributed by atoms with Gasteiger partial charge in [-0.15, -0.1) is 11.3 Å². The van der Waals surface area contributed by atoms with Crippen molar-refractivity contribution in [1.82, 2.24) is 10.3 Å². The molecule has 1 N–H and O–H groups in total. The number of hydrogen-bond acceptors (Lipinski definition) is 4. The van der Waals surface area contributed by atoms with Gasteiger partial charge in [-0.25, -0.2) is 0 Å². The molecule has 3 nitrogen and oxygen atoms in total. The first-order valence-electron chi connectivity index (χ1n) is 5.99. The van der Waals surface area contributed by atoms with Gasteiger partial charge in [-0.1, -0.05) is 6.42 Å². The van der Waals surface area contributed by atoms with E-state index in [-0.39, 0.29) is 5.78 Å². The summed E-state index contributed by atoms with van der Waals surface area (Å²) < 4.78 is 0. The summed E-state index contributed by atoms with van der Waals surface area (Å²) in [5.41, 5.74) is 1.73. The van der Waals surface area contributed by atoms with Crippen molar-refractivity contribution in [2.75, 3.05) is 6.54 Å². The second-order valence-electron chi connectivity index (χ2n) is 4.86. The monoisotopic (exact) mass is 236 g/mol. The average Bonchev–Trinajstić information content (AvgIpc) is 2.94. The fourth-order valence-electron chi connectivity index (χ4n) is 3.18. The van der Waals surface area contributed by atoms with Gasteiger partial charge in [0.05, 0.1) is 10.4 Å². The molecule has 1 aromatic rings. The zero-order valence-corrected chi connectivity index (χ0v) is 10.0. The smallest absolute Gasteiger partial charge is 0.175 e. The Morgan fingerprint density at radius 1 is 1.56 bits per heavy atom. The molecule has 0 spiro atoms. The maximum atomic E-state index is 12.0. The second kappa shape index (κ2) is 4.26. The first kappa shape index (κ1) is 10.4. The largest absolute Gasteiger partial charge is 0.313 e. The first-order valence-corrected chi connectivity index (χ1v) is 6.87. The van der Waals surface area contributed by atoms with E-state index in [1.807, 2.05) is 0 Å². The third-order valence-electron chi connectivity index (χ3n) is 3.99. The fourth-order valence-corrected chi connectivity index (χ4v) is 3.75. The van der Waals surface area contributed by atoms with E-state index in [1.165, 1.54) is 30.6 Å². The molecule has 2 fully saturated rings. The van der Waals surface area contributed by atoms with Crippen LogP contribution in [0.4, 0.5) is 0 Å². The molecular weight excluding hydrogens is 220 g/mol. The molecule has 86 valence electrons. The Hall–Kier alpha value is -0.740. The minimum absolute atomic E-state index is 0.257. The van der Waals surface area contributed by atoms with Gasteiger partial charge in [0, 0.05) is 18.7 Å². The summed E-state index contributed by atoms with van der Waals surface area (Å²) in [5, 5.41) is 3.51. The Labute approximate surface area is 99.3 Å². The van der Waals surface area contributed by atoms with Crippen molar-refractivity contribution in [3.8, 4) is 0 Å². The van der Waals surface area contributed by atoms with E-state index in [0.29, 0.717) is 12.5 Å². The molecular formula is C12H16N2OS.